The van der Waals surface area contributed by atoms with Crippen molar-refractivity contribution in [3.63, 3.8) is 0 Å². The third kappa shape index (κ3) is 2.42. The standard InChI is InChI=1S/C17H24N2/c1-13(2)19-16(12-18-8-4-5-9-18)11-15-7-6-14(3)10-17(15)19/h6-7,10-11,13H,4-5,8-9,12H2,1-3H3. The highest BCUT2D eigenvalue weighted by Crippen LogP contribution is 2.26. The van der Waals surface area contributed by atoms with Crippen LogP contribution in [0.5, 0.6) is 0 Å². The Kier molecular flexibility index (Phi) is 3.36. The van der Waals surface area contributed by atoms with Crippen molar-refractivity contribution in [1.29, 1.82) is 0 Å². The van der Waals surface area contributed by atoms with Gasteiger partial charge in [0.15, 0.2) is 0 Å². The lowest BCUT2D eigenvalue weighted by molar-refractivity contribution is 0.319. The number of likely N-dealkylation sites (tertiary alicyclic amines) is 1. The van der Waals surface area contributed by atoms with Crippen LogP contribution >= 0.6 is 0 Å². The van der Waals surface area contributed by atoms with Crippen LogP contribution in [-0.2, 0) is 6.54 Å². The van der Waals surface area contributed by atoms with Crippen molar-refractivity contribution in [3.8, 4) is 0 Å². The minimum absolute atomic E-state index is 0.525. The Bertz CT molecular complexity index is 574. The lowest BCUT2D eigenvalue weighted by Crippen LogP contribution is -2.21. The minimum atomic E-state index is 0.525. The highest BCUT2D eigenvalue weighted by atomic mass is 15.2. The Labute approximate surface area is 116 Å². The summed E-state index contributed by atoms with van der Waals surface area (Å²) in [5.41, 5.74) is 4.21. The molecule has 102 valence electrons. The summed E-state index contributed by atoms with van der Waals surface area (Å²) < 4.78 is 2.51. The molecule has 0 spiro atoms. The molecule has 2 heteroatoms. The normalized spacial score (nSPS) is 16.8. The summed E-state index contributed by atoms with van der Waals surface area (Å²) in [6, 6.07) is 9.71. The van der Waals surface area contributed by atoms with Crippen molar-refractivity contribution in [3.05, 3.63) is 35.5 Å². The maximum absolute atomic E-state index is 2.58. The smallest absolute Gasteiger partial charge is 0.0488 e. The molecule has 1 aromatic carbocycles. The summed E-state index contributed by atoms with van der Waals surface area (Å²) in [7, 11) is 0. The minimum Gasteiger partial charge on any atom is -0.341 e. The van der Waals surface area contributed by atoms with Gasteiger partial charge in [-0.1, -0.05) is 12.1 Å². The Morgan fingerprint density at radius 3 is 2.53 bits per heavy atom. The zero-order chi connectivity index (χ0) is 13.4. The number of nitrogens with zero attached hydrogens (tertiary/aromatic N) is 2. The fraction of sp³-hybridized carbons (Fsp3) is 0.529. The van der Waals surface area contributed by atoms with Gasteiger partial charge in [-0.25, -0.2) is 0 Å². The van der Waals surface area contributed by atoms with Crippen LogP contribution in [0.3, 0.4) is 0 Å². The molecule has 0 atom stereocenters. The van der Waals surface area contributed by atoms with Gasteiger partial charge in [0.1, 0.15) is 0 Å². The Morgan fingerprint density at radius 2 is 1.84 bits per heavy atom. The zero-order valence-corrected chi connectivity index (χ0v) is 12.3. The van der Waals surface area contributed by atoms with E-state index in [1.807, 2.05) is 0 Å². The maximum atomic E-state index is 2.58. The predicted molar refractivity (Wildman–Crippen MR) is 81.6 cm³/mol. The van der Waals surface area contributed by atoms with Crippen molar-refractivity contribution < 1.29 is 0 Å². The second kappa shape index (κ2) is 5.01. The molecule has 1 saturated heterocycles. The molecule has 0 amide bonds. The van der Waals surface area contributed by atoms with Crippen LogP contribution in [0.4, 0.5) is 0 Å². The molecular formula is C17H24N2. The van der Waals surface area contributed by atoms with Gasteiger partial charge in [0.2, 0.25) is 0 Å². The summed E-state index contributed by atoms with van der Waals surface area (Å²) in [5, 5.41) is 1.38. The molecular weight excluding hydrogens is 232 g/mol. The monoisotopic (exact) mass is 256 g/mol. The number of fused-ring (bicyclic) bond motifs is 1. The molecule has 0 unspecified atom stereocenters. The van der Waals surface area contributed by atoms with Crippen molar-refractivity contribution in [1.82, 2.24) is 9.47 Å². The largest absolute Gasteiger partial charge is 0.341 e. The van der Waals surface area contributed by atoms with Crippen molar-refractivity contribution in [2.45, 2.75) is 46.2 Å². The average molecular weight is 256 g/mol. The SMILES string of the molecule is Cc1ccc2cc(CN3CCCC3)n(C(C)C)c2c1. The van der Waals surface area contributed by atoms with E-state index < -0.39 is 0 Å². The van der Waals surface area contributed by atoms with Gasteiger partial charge in [-0.05, 0) is 69.8 Å². The fourth-order valence-electron chi connectivity index (χ4n) is 3.29. The van der Waals surface area contributed by atoms with Crippen LogP contribution in [-0.4, -0.2) is 22.6 Å². The Morgan fingerprint density at radius 1 is 1.11 bits per heavy atom. The number of aromatic nitrogens is 1. The summed E-state index contributed by atoms with van der Waals surface area (Å²) in [6.07, 6.45) is 2.72. The number of aryl methyl sites for hydroxylation is 1. The summed E-state index contributed by atoms with van der Waals surface area (Å²) in [6.45, 7) is 10.4. The number of hydrogen-bond donors (Lipinski definition) is 0. The van der Waals surface area contributed by atoms with Crippen molar-refractivity contribution in [2.24, 2.45) is 0 Å². The highest BCUT2D eigenvalue weighted by Gasteiger charge is 2.17. The molecule has 2 nitrogen and oxygen atoms in total. The van der Waals surface area contributed by atoms with Gasteiger partial charge in [0.25, 0.3) is 0 Å². The molecule has 0 saturated carbocycles. The first-order valence-electron chi connectivity index (χ1n) is 7.48. The van der Waals surface area contributed by atoms with Crippen molar-refractivity contribution >= 4 is 10.9 Å². The van der Waals surface area contributed by atoms with Crippen LogP contribution in [0.25, 0.3) is 10.9 Å². The van der Waals surface area contributed by atoms with Gasteiger partial charge >= 0.3 is 0 Å². The van der Waals surface area contributed by atoms with E-state index in [2.05, 4.69) is 54.5 Å². The Balaban J connectivity index is 2.04. The van der Waals surface area contributed by atoms with Gasteiger partial charge in [-0.15, -0.1) is 0 Å². The second-order valence-corrected chi connectivity index (χ2v) is 6.14. The number of hydrogen-bond acceptors (Lipinski definition) is 1. The zero-order valence-electron chi connectivity index (χ0n) is 12.3. The lowest BCUT2D eigenvalue weighted by Gasteiger charge is -2.19. The van der Waals surface area contributed by atoms with Crippen LogP contribution in [0.1, 0.15) is 44.0 Å². The van der Waals surface area contributed by atoms with E-state index in [1.165, 1.54) is 48.1 Å². The Hall–Kier alpha value is -1.28. The third-order valence-corrected chi connectivity index (χ3v) is 4.18. The molecule has 19 heavy (non-hydrogen) atoms. The molecule has 0 radical (unpaired) electrons. The molecule has 1 aliphatic heterocycles. The lowest BCUT2D eigenvalue weighted by atomic mass is 10.2. The highest BCUT2D eigenvalue weighted by molar-refractivity contribution is 5.82. The first kappa shape index (κ1) is 12.7. The van der Waals surface area contributed by atoms with E-state index in [0.717, 1.165) is 6.54 Å². The average Bonchev–Trinajstić information content (AvgIpc) is 2.96. The van der Waals surface area contributed by atoms with E-state index in [9.17, 15) is 0 Å². The van der Waals surface area contributed by atoms with E-state index in [0.29, 0.717) is 6.04 Å². The molecule has 0 bridgehead atoms. The van der Waals surface area contributed by atoms with Crippen molar-refractivity contribution in [2.75, 3.05) is 13.1 Å². The van der Waals surface area contributed by atoms with Crippen LogP contribution in [0, 0.1) is 6.92 Å². The number of rotatable bonds is 3. The van der Waals surface area contributed by atoms with E-state index in [4.69, 9.17) is 0 Å². The summed E-state index contributed by atoms with van der Waals surface area (Å²) >= 11 is 0. The summed E-state index contributed by atoms with van der Waals surface area (Å²) in [4.78, 5) is 2.58. The second-order valence-electron chi connectivity index (χ2n) is 6.14. The van der Waals surface area contributed by atoms with E-state index >= 15 is 0 Å². The molecule has 0 N–H and O–H groups in total. The molecule has 1 fully saturated rings. The van der Waals surface area contributed by atoms with E-state index in [-0.39, 0.29) is 0 Å². The topological polar surface area (TPSA) is 8.17 Å². The number of benzene rings is 1. The van der Waals surface area contributed by atoms with Crippen LogP contribution in [0.15, 0.2) is 24.3 Å². The maximum Gasteiger partial charge on any atom is 0.0488 e. The predicted octanol–water partition coefficient (Wildman–Crippen LogP) is 4.13. The van der Waals surface area contributed by atoms with Gasteiger partial charge < -0.3 is 4.57 Å². The molecule has 0 aliphatic carbocycles. The first-order valence-corrected chi connectivity index (χ1v) is 7.48. The summed E-state index contributed by atoms with van der Waals surface area (Å²) in [5.74, 6) is 0. The molecule has 2 aromatic rings. The van der Waals surface area contributed by atoms with Gasteiger partial charge in [0.05, 0.1) is 0 Å². The van der Waals surface area contributed by atoms with Gasteiger partial charge in [-0.3, -0.25) is 4.90 Å². The third-order valence-electron chi connectivity index (χ3n) is 4.18. The van der Waals surface area contributed by atoms with Gasteiger partial charge in [-0.2, -0.15) is 0 Å². The van der Waals surface area contributed by atoms with Crippen LogP contribution < -0.4 is 0 Å². The quantitative estimate of drug-likeness (QED) is 0.801. The molecule has 2 heterocycles. The van der Waals surface area contributed by atoms with Crippen LogP contribution in [0.2, 0.25) is 0 Å². The van der Waals surface area contributed by atoms with Gasteiger partial charge in [0, 0.05) is 23.8 Å². The molecule has 1 aliphatic rings. The molecule has 3 rings (SSSR count). The first-order chi connectivity index (χ1) is 9.15. The van der Waals surface area contributed by atoms with E-state index in [1.54, 1.807) is 0 Å². The fourth-order valence-corrected chi connectivity index (χ4v) is 3.29. The molecule has 1 aromatic heterocycles.